The zero-order valence-corrected chi connectivity index (χ0v) is 19.0. The van der Waals surface area contributed by atoms with Crippen LogP contribution in [-0.2, 0) is 15.9 Å². The normalized spacial score (nSPS) is 10.8. The van der Waals surface area contributed by atoms with Crippen LogP contribution in [0.1, 0.15) is 61.4 Å². The van der Waals surface area contributed by atoms with Crippen LogP contribution >= 0.6 is 0 Å². The van der Waals surface area contributed by atoms with Gasteiger partial charge in [-0.1, -0.05) is 45.1 Å². The summed E-state index contributed by atoms with van der Waals surface area (Å²) in [6.07, 6.45) is 10.9. The van der Waals surface area contributed by atoms with Gasteiger partial charge in [0.15, 0.2) is 0 Å². The van der Waals surface area contributed by atoms with E-state index in [4.69, 9.17) is 9.47 Å². The van der Waals surface area contributed by atoms with Crippen molar-refractivity contribution in [3.05, 3.63) is 47.8 Å². The number of methoxy groups -OCH3 is 2. The Kier molecular flexibility index (Phi) is 8.25. The summed E-state index contributed by atoms with van der Waals surface area (Å²) >= 11 is 0. The number of nitrogens with zero attached hydrogens (tertiary/aromatic N) is 1. The number of H-pyrrole nitrogens is 1. The lowest BCUT2D eigenvalue weighted by Gasteiger charge is -2.11. The van der Waals surface area contributed by atoms with E-state index < -0.39 is 6.09 Å². The predicted octanol–water partition coefficient (Wildman–Crippen LogP) is 6.10. The van der Waals surface area contributed by atoms with Crippen molar-refractivity contribution < 1.29 is 19.1 Å². The molecule has 2 heterocycles. The molecule has 7 nitrogen and oxygen atoms in total. The first kappa shape index (κ1) is 23.3. The molecule has 1 amide bonds. The molecule has 2 N–H and O–H groups in total. The molecule has 7 heteroatoms. The SMILES string of the molecule is CCCCCCCCc1c(-c2cnccc2NC(=O)OC)[nH]c2cc(C(=O)OC)ccc12. The maximum absolute atomic E-state index is 12.0. The lowest BCUT2D eigenvalue weighted by Crippen LogP contribution is -2.12. The second-order valence-electron chi connectivity index (χ2n) is 7.79. The zero-order valence-electron chi connectivity index (χ0n) is 19.0. The molecule has 0 aliphatic carbocycles. The third kappa shape index (κ3) is 5.46. The van der Waals surface area contributed by atoms with Crippen molar-refractivity contribution in [3.63, 3.8) is 0 Å². The Balaban J connectivity index is 2.00. The predicted molar refractivity (Wildman–Crippen MR) is 126 cm³/mol. The molecule has 3 aromatic rings. The number of unbranched alkanes of at least 4 members (excludes halogenated alkanes) is 5. The van der Waals surface area contributed by atoms with Crippen LogP contribution in [0.3, 0.4) is 0 Å². The fraction of sp³-hybridized carbons (Fsp3) is 0.400. The Morgan fingerprint density at radius 1 is 1.03 bits per heavy atom. The quantitative estimate of drug-likeness (QED) is 0.295. The second-order valence-corrected chi connectivity index (χ2v) is 7.79. The number of esters is 1. The van der Waals surface area contributed by atoms with E-state index in [2.05, 4.69) is 22.2 Å². The first-order valence-corrected chi connectivity index (χ1v) is 11.1. The molecule has 0 aliphatic heterocycles. The lowest BCUT2D eigenvalue weighted by molar-refractivity contribution is 0.0601. The molecule has 0 unspecified atom stereocenters. The molecule has 1 aromatic carbocycles. The topological polar surface area (TPSA) is 93.3 Å². The van der Waals surface area contributed by atoms with Gasteiger partial charge >= 0.3 is 12.1 Å². The number of hydrogen-bond acceptors (Lipinski definition) is 5. The highest BCUT2D eigenvalue weighted by molar-refractivity contribution is 5.99. The van der Waals surface area contributed by atoms with E-state index in [9.17, 15) is 9.59 Å². The van der Waals surface area contributed by atoms with E-state index in [-0.39, 0.29) is 5.97 Å². The molecular formula is C25H31N3O4. The summed E-state index contributed by atoms with van der Waals surface area (Å²) in [5, 5.41) is 3.81. The number of pyridine rings is 1. The third-order valence-corrected chi connectivity index (χ3v) is 5.62. The Morgan fingerprint density at radius 2 is 1.81 bits per heavy atom. The molecule has 0 radical (unpaired) electrons. The third-order valence-electron chi connectivity index (χ3n) is 5.62. The van der Waals surface area contributed by atoms with Crippen LogP contribution in [0.5, 0.6) is 0 Å². The number of nitrogens with one attached hydrogen (secondary N) is 2. The van der Waals surface area contributed by atoms with Crippen molar-refractivity contribution in [2.45, 2.75) is 51.9 Å². The smallest absolute Gasteiger partial charge is 0.411 e. The van der Waals surface area contributed by atoms with Gasteiger partial charge in [0.05, 0.1) is 31.2 Å². The number of amides is 1. The van der Waals surface area contributed by atoms with Gasteiger partial charge in [0, 0.05) is 28.9 Å². The summed E-state index contributed by atoms with van der Waals surface area (Å²) in [6.45, 7) is 2.22. The highest BCUT2D eigenvalue weighted by Gasteiger charge is 2.18. The Morgan fingerprint density at radius 3 is 2.56 bits per heavy atom. The fourth-order valence-electron chi connectivity index (χ4n) is 3.94. The number of hydrogen-bond donors (Lipinski definition) is 2. The highest BCUT2D eigenvalue weighted by Crippen LogP contribution is 2.35. The van der Waals surface area contributed by atoms with Crippen LogP contribution in [0.15, 0.2) is 36.7 Å². The van der Waals surface area contributed by atoms with E-state index in [0.29, 0.717) is 11.3 Å². The minimum absolute atomic E-state index is 0.380. The van der Waals surface area contributed by atoms with Crippen LogP contribution < -0.4 is 5.32 Å². The summed E-state index contributed by atoms with van der Waals surface area (Å²) in [6, 6.07) is 7.29. The Labute approximate surface area is 188 Å². The van der Waals surface area contributed by atoms with Crippen LogP contribution in [-0.4, -0.2) is 36.3 Å². The van der Waals surface area contributed by atoms with Gasteiger partial charge in [-0.25, -0.2) is 9.59 Å². The number of aromatic nitrogens is 2. The van der Waals surface area contributed by atoms with Gasteiger partial charge < -0.3 is 14.5 Å². The molecule has 2 aromatic heterocycles. The van der Waals surface area contributed by atoms with Crippen LogP contribution in [0.2, 0.25) is 0 Å². The van der Waals surface area contributed by atoms with Crippen LogP contribution in [0, 0.1) is 0 Å². The first-order valence-electron chi connectivity index (χ1n) is 11.1. The monoisotopic (exact) mass is 437 g/mol. The fourth-order valence-corrected chi connectivity index (χ4v) is 3.94. The molecule has 32 heavy (non-hydrogen) atoms. The molecule has 0 fully saturated rings. The average Bonchev–Trinajstić information content (AvgIpc) is 3.18. The van der Waals surface area contributed by atoms with Gasteiger partial charge in [0.25, 0.3) is 0 Å². The van der Waals surface area contributed by atoms with Crippen LogP contribution in [0.4, 0.5) is 10.5 Å². The molecule has 0 aliphatic rings. The maximum atomic E-state index is 12.0. The van der Waals surface area contributed by atoms with Crippen molar-refractivity contribution >= 4 is 28.7 Å². The van der Waals surface area contributed by atoms with E-state index in [0.717, 1.165) is 47.0 Å². The van der Waals surface area contributed by atoms with E-state index in [1.807, 2.05) is 6.07 Å². The highest BCUT2D eigenvalue weighted by atomic mass is 16.5. The molecule has 0 atom stereocenters. The number of fused-ring (bicyclic) bond motifs is 1. The molecular weight excluding hydrogens is 406 g/mol. The largest absolute Gasteiger partial charge is 0.465 e. The van der Waals surface area contributed by atoms with E-state index >= 15 is 0 Å². The summed E-state index contributed by atoms with van der Waals surface area (Å²) in [7, 11) is 2.70. The first-order chi connectivity index (χ1) is 15.6. The van der Waals surface area contributed by atoms with Crippen molar-refractivity contribution in [3.8, 4) is 11.3 Å². The van der Waals surface area contributed by atoms with Crippen molar-refractivity contribution in [1.82, 2.24) is 9.97 Å². The van der Waals surface area contributed by atoms with E-state index in [1.165, 1.54) is 39.9 Å². The van der Waals surface area contributed by atoms with Crippen molar-refractivity contribution in [2.24, 2.45) is 0 Å². The number of anilines is 1. The summed E-state index contributed by atoms with van der Waals surface area (Å²) in [5.74, 6) is -0.380. The molecule has 0 saturated carbocycles. The lowest BCUT2D eigenvalue weighted by atomic mass is 9.98. The molecule has 3 rings (SSSR count). The maximum Gasteiger partial charge on any atom is 0.411 e. The standard InChI is InChI=1S/C25H31N3O4/c1-4-5-6-7-8-9-10-19-18-12-11-17(24(29)31-2)15-22(18)27-23(19)20-16-26-14-13-21(20)28-25(30)32-3/h11-16,27H,4-10H2,1-3H3,(H,26,28,30). The second kappa shape index (κ2) is 11.3. The number of carbonyl (C=O) groups is 2. The average molecular weight is 438 g/mol. The minimum Gasteiger partial charge on any atom is -0.465 e. The number of ether oxygens (including phenoxy) is 2. The van der Waals surface area contributed by atoms with Crippen LogP contribution in [0.25, 0.3) is 22.2 Å². The van der Waals surface area contributed by atoms with Gasteiger partial charge in [-0.05, 0) is 36.6 Å². The van der Waals surface area contributed by atoms with E-state index in [1.54, 1.807) is 30.6 Å². The zero-order chi connectivity index (χ0) is 22.9. The number of aryl methyl sites for hydroxylation is 1. The van der Waals surface area contributed by atoms with Gasteiger partial charge in [-0.15, -0.1) is 0 Å². The summed E-state index contributed by atoms with van der Waals surface area (Å²) in [4.78, 5) is 31.6. The molecule has 0 saturated heterocycles. The number of aromatic amines is 1. The van der Waals surface area contributed by atoms with Crippen molar-refractivity contribution in [1.29, 1.82) is 0 Å². The van der Waals surface area contributed by atoms with Gasteiger partial charge in [-0.3, -0.25) is 10.3 Å². The molecule has 0 bridgehead atoms. The summed E-state index contributed by atoms with van der Waals surface area (Å²) < 4.78 is 9.64. The number of benzene rings is 1. The summed E-state index contributed by atoms with van der Waals surface area (Å²) in [5.41, 5.74) is 4.74. The van der Waals surface area contributed by atoms with Gasteiger partial charge in [0.2, 0.25) is 0 Å². The van der Waals surface area contributed by atoms with Gasteiger partial charge in [0.1, 0.15) is 0 Å². The molecule has 0 spiro atoms. The molecule has 170 valence electrons. The Bertz CT molecular complexity index is 1070. The minimum atomic E-state index is -0.543. The van der Waals surface area contributed by atoms with Gasteiger partial charge in [-0.2, -0.15) is 0 Å². The number of carbonyl (C=O) groups excluding carboxylic acids is 2. The Hall–Kier alpha value is -3.35. The number of rotatable bonds is 10. The van der Waals surface area contributed by atoms with Crippen molar-refractivity contribution in [2.75, 3.05) is 19.5 Å².